The Morgan fingerprint density at radius 2 is 2.00 bits per heavy atom. The second kappa shape index (κ2) is 6.86. The van der Waals surface area contributed by atoms with Gasteiger partial charge in [-0.3, -0.25) is 14.8 Å². The predicted molar refractivity (Wildman–Crippen MR) is 95.5 cm³/mol. The number of carbonyl (C=O) groups excluding carboxylic acids is 1. The predicted octanol–water partition coefficient (Wildman–Crippen LogP) is 3.27. The molecule has 0 unspecified atom stereocenters. The van der Waals surface area contributed by atoms with Gasteiger partial charge in [-0.05, 0) is 31.2 Å². The zero-order chi connectivity index (χ0) is 18.0. The molecule has 2 N–H and O–H groups in total. The van der Waals surface area contributed by atoms with E-state index >= 15 is 0 Å². The molecule has 0 aromatic carbocycles. The molecule has 3 aromatic rings. The second-order valence-electron chi connectivity index (χ2n) is 5.32. The average Bonchev–Trinajstić information content (AvgIpc) is 2.61. The van der Waals surface area contributed by atoms with E-state index in [4.69, 9.17) is 22.1 Å². The summed E-state index contributed by atoms with van der Waals surface area (Å²) in [7, 11) is 1.52. The third-order valence-electron chi connectivity index (χ3n) is 3.65. The largest absolute Gasteiger partial charge is 0.494 e. The van der Waals surface area contributed by atoms with Crippen LogP contribution in [0.2, 0.25) is 5.15 Å². The Morgan fingerprint density at radius 1 is 1.20 bits per heavy atom. The number of carbonyl (C=O) groups is 1. The molecule has 0 bridgehead atoms. The highest BCUT2D eigenvalue weighted by Gasteiger charge is 2.22. The Kier molecular flexibility index (Phi) is 4.63. The molecular formula is C18H15ClN4O2. The minimum absolute atomic E-state index is 0.255. The highest BCUT2D eigenvalue weighted by molar-refractivity contribution is 6.29. The number of pyridine rings is 3. The average molecular weight is 355 g/mol. The van der Waals surface area contributed by atoms with E-state index in [2.05, 4.69) is 15.0 Å². The van der Waals surface area contributed by atoms with Gasteiger partial charge >= 0.3 is 0 Å². The minimum atomic E-state index is -0.613. The van der Waals surface area contributed by atoms with Gasteiger partial charge in [-0.1, -0.05) is 17.7 Å². The van der Waals surface area contributed by atoms with Crippen LogP contribution in [0, 0.1) is 6.92 Å². The van der Waals surface area contributed by atoms with Gasteiger partial charge in [0.2, 0.25) is 0 Å². The summed E-state index contributed by atoms with van der Waals surface area (Å²) in [6.45, 7) is 1.83. The Labute approximate surface area is 149 Å². The summed E-state index contributed by atoms with van der Waals surface area (Å²) >= 11 is 6.04. The molecule has 0 radical (unpaired) electrons. The fourth-order valence-electron chi connectivity index (χ4n) is 2.61. The lowest BCUT2D eigenvalue weighted by molar-refractivity contribution is 0.100. The van der Waals surface area contributed by atoms with Crippen LogP contribution in [0.25, 0.3) is 22.5 Å². The number of methoxy groups -OCH3 is 1. The molecule has 0 aliphatic carbocycles. The van der Waals surface area contributed by atoms with Gasteiger partial charge in [-0.2, -0.15) is 0 Å². The first-order valence-corrected chi connectivity index (χ1v) is 7.81. The maximum absolute atomic E-state index is 12.3. The Balaban J connectivity index is 2.37. The van der Waals surface area contributed by atoms with E-state index < -0.39 is 5.91 Å². The van der Waals surface area contributed by atoms with E-state index in [0.29, 0.717) is 34.0 Å². The van der Waals surface area contributed by atoms with Gasteiger partial charge in [-0.25, -0.2) is 4.98 Å². The van der Waals surface area contributed by atoms with Gasteiger partial charge in [0.25, 0.3) is 5.91 Å². The summed E-state index contributed by atoms with van der Waals surface area (Å²) in [5.41, 5.74) is 8.78. The van der Waals surface area contributed by atoms with Crippen molar-refractivity contribution in [2.75, 3.05) is 7.11 Å². The van der Waals surface area contributed by atoms with Crippen LogP contribution in [0.1, 0.15) is 16.1 Å². The molecule has 3 rings (SSSR count). The highest BCUT2D eigenvalue weighted by atomic mass is 35.5. The number of hydrogen-bond donors (Lipinski definition) is 1. The van der Waals surface area contributed by atoms with E-state index in [1.54, 1.807) is 30.5 Å². The zero-order valence-corrected chi connectivity index (χ0v) is 14.4. The molecular weight excluding hydrogens is 340 g/mol. The summed E-state index contributed by atoms with van der Waals surface area (Å²) < 4.78 is 5.37. The van der Waals surface area contributed by atoms with Gasteiger partial charge in [-0.15, -0.1) is 0 Å². The summed E-state index contributed by atoms with van der Waals surface area (Å²) in [6.07, 6.45) is 3.13. The van der Waals surface area contributed by atoms with Crippen molar-refractivity contribution in [2.45, 2.75) is 6.92 Å². The number of primary amides is 1. The lowest BCUT2D eigenvalue weighted by atomic mass is 9.96. The third-order valence-corrected chi connectivity index (χ3v) is 3.85. The van der Waals surface area contributed by atoms with Gasteiger partial charge < -0.3 is 10.5 Å². The van der Waals surface area contributed by atoms with Crippen molar-refractivity contribution in [1.82, 2.24) is 15.0 Å². The maximum Gasteiger partial charge on any atom is 0.251 e. The van der Waals surface area contributed by atoms with Crippen LogP contribution in [-0.2, 0) is 0 Å². The van der Waals surface area contributed by atoms with Gasteiger partial charge in [0.05, 0.1) is 24.6 Å². The van der Waals surface area contributed by atoms with Crippen LogP contribution in [0.5, 0.6) is 5.75 Å². The van der Waals surface area contributed by atoms with E-state index in [0.717, 1.165) is 0 Å². The molecule has 0 saturated heterocycles. The molecule has 0 fully saturated rings. The summed E-state index contributed by atoms with van der Waals surface area (Å²) in [4.78, 5) is 25.0. The smallest absolute Gasteiger partial charge is 0.251 e. The molecule has 0 aliphatic heterocycles. The number of halogens is 1. The van der Waals surface area contributed by atoms with Gasteiger partial charge in [0, 0.05) is 23.0 Å². The highest BCUT2D eigenvalue weighted by Crippen LogP contribution is 2.36. The first-order valence-electron chi connectivity index (χ1n) is 7.44. The number of nitrogens with two attached hydrogens (primary N) is 1. The Hall–Kier alpha value is -2.99. The van der Waals surface area contributed by atoms with Crippen LogP contribution in [0.4, 0.5) is 0 Å². The summed E-state index contributed by atoms with van der Waals surface area (Å²) in [5.74, 6) is -0.136. The van der Waals surface area contributed by atoms with Gasteiger partial charge in [0.15, 0.2) is 0 Å². The topological polar surface area (TPSA) is 91.0 Å². The number of amides is 1. The zero-order valence-electron chi connectivity index (χ0n) is 13.7. The molecule has 6 nitrogen and oxygen atoms in total. The number of rotatable bonds is 4. The molecule has 0 atom stereocenters. The molecule has 0 saturated carbocycles. The number of nitrogens with zero attached hydrogens (tertiary/aromatic N) is 3. The SMILES string of the molecule is COc1cnc(Cl)cc1-c1cc(C)nc(-c2ccccn2)c1C(N)=O. The molecule has 25 heavy (non-hydrogen) atoms. The fourth-order valence-corrected chi connectivity index (χ4v) is 2.77. The van der Waals surface area contributed by atoms with Crippen molar-refractivity contribution in [3.8, 4) is 28.3 Å². The van der Waals surface area contributed by atoms with E-state index in [1.165, 1.54) is 13.3 Å². The lowest BCUT2D eigenvalue weighted by Crippen LogP contribution is -2.16. The monoisotopic (exact) mass is 354 g/mol. The normalized spacial score (nSPS) is 10.5. The maximum atomic E-state index is 12.3. The standard InChI is InChI=1S/C18H15ClN4O2/c1-10-7-12(11-8-15(19)22-9-14(11)25-2)16(18(20)24)17(23-10)13-5-3-4-6-21-13/h3-9H,1-2H3,(H2,20,24). The van der Waals surface area contributed by atoms with Gasteiger partial charge in [0.1, 0.15) is 16.6 Å². The molecule has 0 aliphatic rings. The van der Waals surface area contributed by atoms with E-state index in [9.17, 15) is 4.79 Å². The van der Waals surface area contributed by atoms with Crippen LogP contribution in [0.3, 0.4) is 0 Å². The van der Waals surface area contributed by atoms with Crippen molar-refractivity contribution in [1.29, 1.82) is 0 Å². The van der Waals surface area contributed by atoms with Crippen molar-refractivity contribution in [2.24, 2.45) is 5.73 Å². The Bertz CT molecular complexity index is 945. The number of aryl methyl sites for hydroxylation is 1. The first-order chi connectivity index (χ1) is 12.0. The van der Waals surface area contributed by atoms with Crippen molar-refractivity contribution < 1.29 is 9.53 Å². The second-order valence-corrected chi connectivity index (χ2v) is 5.71. The van der Waals surface area contributed by atoms with Crippen molar-refractivity contribution in [3.05, 3.63) is 59.1 Å². The van der Waals surface area contributed by atoms with Crippen LogP contribution >= 0.6 is 11.6 Å². The molecule has 0 spiro atoms. The summed E-state index contributed by atoms with van der Waals surface area (Å²) in [5, 5.41) is 0.278. The molecule has 126 valence electrons. The van der Waals surface area contributed by atoms with E-state index in [1.807, 2.05) is 13.0 Å². The van der Waals surface area contributed by atoms with Crippen molar-refractivity contribution >= 4 is 17.5 Å². The number of ether oxygens (including phenoxy) is 1. The van der Waals surface area contributed by atoms with Crippen LogP contribution < -0.4 is 10.5 Å². The molecule has 7 heteroatoms. The summed E-state index contributed by atoms with van der Waals surface area (Å²) in [6, 6.07) is 8.77. The van der Waals surface area contributed by atoms with Crippen LogP contribution in [0.15, 0.2) is 42.7 Å². The minimum Gasteiger partial charge on any atom is -0.494 e. The lowest BCUT2D eigenvalue weighted by Gasteiger charge is -2.15. The number of hydrogen-bond acceptors (Lipinski definition) is 5. The fraction of sp³-hybridized carbons (Fsp3) is 0.111. The molecule has 1 amide bonds. The van der Waals surface area contributed by atoms with Crippen molar-refractivity contribution in [3.63, 3.8) is 0 Å². The molecule has 3 aromatic heterocycles. The van der Waals surface area contributed by atoms with E-state index in [-0.39, 0.29) is 10.7 Å². The third kappa shape index (κ3) is 3.29. The van der Waals surface area contributed by atoms with Crippen LogP contribution in [-0.4, -0.2) is 28.0 Å². The molecule has 3 heterocycles. The Morgan fingerprint density at radius 3 is 2.64 bits per heavy atom. The number of aromatic nitrogens is 3. The quantitative estimate of drug-likeness (QED) is 0.726. The first kappa shape index (κ1) is 16.9.